The van der Waals surface area contributed by atoms with E-state index in [0.717, 1.165) is 52.0 Å². The smallest absolute Gasteiger partial charge is 0.230 e. The van der Waals surface area contributed by atoms with Gasteiger partial charge < -0.3 is 10.6 Å². The van der Waals surface area contributed by atoms with Crippen LogP contribution in [0.5, 0.6) is 0 Å². The van der Waals surface area contributed by atoms with Gasteiger partial charge in [-0.25, -0.2) is 0 Å². The van der Waals surface area contributed by atoms with Crippen molar-refractivity contribution in [2.24, 2.45) is 11.1 Å². The number of hydrogen-bond donors (Lipinski definition) is 1. The summed E-state index contributed by atoms with van der Waals surface area (Å²) in [6.45, 7) is 9.25. The Morgan fingerprint density at radius 2 is 1.70 bits per heavy atom. The van der Waals surface area contributed by atoms with E-state index in [0.29, 0.717) is 6.54 Å². The minimum Gasteiger partial charge on any atom is -0.340 e. The third-order valence-electron chi connectivity index (χ3n) is 5.42. The third-order valence-corrected chi connectivity index (χ3v) is 5.42. The molecule has 1 aromatic carbocycles. The summed E-state index contributed by atoms with van der Waals surface area (Å²) in [4.78, 5) is 17.3. The van der Waals surface area contributed by atoms with Gasteiger partial charge >= 0.3 is 0 Å². The third kappa shape index (κ3) is 4.33. The van der Waals surface area contributed by atoms with Gasteiger partial charge in [0.2, 0.25) is 5.91 Å². The van der Waals surface area contributed by atoms with Crippen molar-refractivity contribution in [3.8, 4) is 0 Å². The monoisotopic (exact) mass is 317 g/mol. The number of rotatable bonds is 7. The zero-order valence-electron chi connectivity index (χ0n) is 14.6. The maximum Gasteiger partial charge on any atom is 0.230 e. The van der Waals surface area contributed by atoms with Crippen LogP contribution >= 0.6 is 0 Å². The van der Waals surface area contributed by atoms with Crippen LogP contribution in [0, 0.1) is 5.41 Å². The van der Waals surface area contributed by atoms with Gasteiger partial charge in [0, 0.05) is 39.3 Å². The minimum atomic E-state index is -0.355. The van der Waals surface area contributed by atoms with Crippen molar-refractivity contribution in [1.29, 1.82) is 0 Å². The largest absolute Gasteiger partial charge is 0.340 e. The molecule has 128 valence electrons. The number of nitrogens with two attached hydrogens (primary N) is 1. The summed E-state index contributed by atoms with van der Waals surface area (Å²) in [5, 5.41) is 0. The van der Waals surface area contributed by atoms with Gasteiger partial charge in [0.05, 0.1) is 5.41 Å². The van der Waals surface area contributed by atoms with E-state index in [1.807, 2.05) is 4.90 Å². The fourth-order valence-electron chi connectivity index (χ4n) is 3.37. The molecule has 2 rings (SSSR count). The molecule has 1 fully saturated rings. The Morgan fingerprint density at radius 3 is 2.22 bits per heavy atom. The van der Waals surface area contributed by atoms with Gasteiger partial charge in [-0.2, -0.15) is 0 Å². The topological polar surface area (TPSA) is 49.6 Å². The molecule has 1 amide bonds. The van der Waals surface area contributed by atoms with Crippen molar-refractivity contribution in [2.45, 2.75) is 33.1 Å². The predicted octanol–water partition coefficient (Wildman–Crippen LogP) is 2.14. The number of hydrogen-bond acceptors (Lipinski definition) is 3. The lowest BCUT2D eigenvalue weighted by atomic mass is 9.81. The highest BCUT2D eigenvalue weighted by molar-refractivity contribution is 5.83. The van der Waals surface area contributed by atoms with Crippen molar-refractivity contribution in [3.63, 3.8) is 0 Å². The molecule has 23 heavy (non-hydrogen) atoms. The second-order valence-electron chi connectivity index (χ2n) is 6.56. The van der Waals surface area contributed by atoms with E-state index in [2.05, 4.69) is 49.1 Å². The summed E-state index contributed by atoms with van der Waals surface area (Å²) in [6, 6.07) is 10.6. The van der Waals surface area contributed by atoms with Crippen LogP contribution < -0.4 is 5.73 Å². The molecular formula is C19H31N3O. The quantitative estimate of drug-likeness (QED) is 0.838. The fourth-order valence-corrected chi connectivity index (χ4v) is 3.37. The molecule has 2 N–H and O–H groups in total. The van der Waals surface area contributed by atoms with Gasteiger partial charge in [-0.15, -0.1) is 0 Å². The summed E-state index contributed by atoms with van der Waals surface area (Å²) in [7, 11) is 0. The zero-order valence-corrected chi connectivity index (χ0v) is 14.6. The van der Waals surface area contributed by atoms with Gasteiger partial charge in [0.1, 0.15) is 0 Å². The average Bonchev–Trinajstić information content (AvgIpc) is 2.63. The summed E-state index contributed by atoms with van der Waals surface area (Å²) in [5.74, 6) is 0.257. The molecule has 0 aliphatic carbocycles. The number of carbonyl (C=O) groups excluding carboxylic acids is 1. The average molecular weight is 317 g/mol. The van der Waals surface area contributed by atoms with Crippen LogP contribution in [-0.4, -0.2) is 55.0 Å². The lowest BCUT2D eigenvalue weighted by Crippen LogP contribution is -2.54. The first-order valence-electron chi connectivity index (χ1n) is 8.91. The Labute approximate surface area is 140 Å². The number of nitrogens with zero attached hydrogens (tertiary/aromatic N) is 2. The van der Waals surface area contributed by atoms with Crippen LogP contribution in [-0.2, 0) is 11.2 Å². The Balaban J connectivity index is 1.82. The lowest BCUT2D eigenvalue weighted by Gasteiger charge is -2.40. The number of piperazine rings is 1. The minimum absolute atomic E-state index is 0.257. The van der Waals surface area contributed by atoms with Crippen LogP contribution in [0.25, 0.3) is 0 Å². The van der Waals surface area contributed by atoms with Crippen molar-refractivity contribution in [2.75, 3.05) is 39.3 Å². The standard InChI is InChI=1S/C19H31N3O/c1-3-19(4-2,16-20)18(23)22-14-12-21(13-15-22)11-10-17-8-6-5-7-9-17/h5-9H,3-4,10-16,20H2,1-2H3. The molecule has 0 bridgehead atoms. The zero-order chi connectivity index (χ0) is 16.7. The highest BCUT2D eigenvalue weighted by Crippen LogP contribution is 2.28. The van der Waals surface area contributed by atoms with Crippen LogP contribution in [0.3, 0.4) is 0 Å². The van der Waals surface area contributed by atoms with Crippen LogP contribution in [0.4, 0.5) is 0 Å². The first kappa shape index (κ1) is 18.0. The molecule has 1 aliphatic rings. The van der Waals surface area contributed by atoms with Crippen LogP contribution in [0.2, 0.25) is 0 Å². The van der Waals surface area contributed by atoms with E-state index in [1.54, 1.807) is 0 Å². The number of amides is 1. The Morgan fingerprint density at radius 1 is 1.09 bits per heavy atom. The summed E-state index contributed by atoms with van der Waals surface area (Å²) < 4.78 is 0. The first-order valence-corrected chi connectivity index (χ1v) is 8.91. The highest BCUT2D eigenvalue weighted by Gasteiger charge is 2.37. The van der Waals surface area contributed by atoms with E-state index in [4.69, 9.17) is 5.73 Å². The molecular weight excluding hydrogens is 286 g/mol. The molecule has 1 heterocycles. The first-order chi connectivity index (χ1) is 11.1. The van der Waals surface area contributed by atoms with Crippen LogP contribution in [0.1, 0.15) is 32.3 Å². The summed E-state index contributed by atoms with van der Waals surface area (Å²) in [5.41, 5.74) is 6.94. The van der Waals surface area contributed by atoms with Crippen molar-refractivity contribution >= 4 is 5.91 Å². The molecule has 1 aromatic rings. The van der Waals surface area contributed by atoms with Crippen LogP contribution in [0.15, 0.2) is 30.3 Å². The molecule has 4 nitrogen and oxygen atoms in total. The van der Waals surface area contributed by atoms with Gasteiger partial charge in [0.25, 0.3) is 0 Å². The molecule has 0 aromatic heterocycles. The number of benzene rings is 1. The molecule has 0 unspecified atom stereocenters. The molecule has 1 aliphatic heterocycles. The molecule has 1 saturated heterocycles. The summed E-state index contributed by atoms with van der Waals surface area (Å²) in [6.07, 6.45) is 2.73. The molecule has 4 heteroatoms. The maximum absolute atomic E-state index is 12.8. The van der Waals surface area contributed by atoms with E-state index in [9.17, 15) is 4.79 Å². The Bertz CT molecular complexity index is 468. The molecule has 0 atom stereocenters. The lowest BCUT2D eigenvalue weighted by molar-refractivity contribution is -0.144. The fraction of sp³-hybridized carbons (Fsp3) is 0.632. The molecule has 0 spiro atoms. The van der Waals surface area contributed by atoms with Crippen molar-refractivity contribution in [3.05, 3.63) is 35.9 Å². The SMILES string of the molecule is CCC(CC)(CN)C(=O)N1CCN(CCc2ccccc2)CC1. The van der Waals surface area contributed by atoms with Gasteiger partial charge in [-0.05, 0) is 24.8 Å². The Kier molecular flexibility index (Phi) is 6.60. The Hall–Kier alpha value is -1.39. The second kappa shape index (κ2) is 8.46. The van der Waals surface area contributed by atoms with Gasteiger partial charge in [-0.1, -0.05) is 44.2 Å². The predicted molar refractivity (Wildman–Crippen MR) is 95.2 cm³/mol. The molecule has 0 radical (unpaired) electrons. The second-order valence-corrected chi connectivity index (χ2v) is 6.56. The van der Waals surface area contributed by atoms with E-state index >= 15 is 0 Å². The highest BCUT2D eigenvalue weighted by atomic mass is 16.2. The van der Waals surface area contributed by atoms with Crippen molar-refractivity contribution in [1.82, 2.24) is 9.80 Å². The van der Waals surface area contributed by atoms with Crippen molar-refractivity contribution < 1.29 is 4.79 Å². The van der Waals surface area contributed by atoms with E-state index in [1.165, 1.54) is 5.56 Å². The normalized spacial score (nSPS) is 16.6. The summed E-state index contributed by atoms with van der Waals surface area (Å²) >= 11 is 0. The molecule has 0 saturated carbocycles. The van der Waals surface area contributed by atoms with E-state index < -0.39 is 0 Å². The van der Waals surface area contributed by atoms with E-state index in [-0.39, 0.29) is 11.3 Å². The maximum atomic E-state index is 12.8. The number of carbonyl (C=O) groups is 1. The van der Waals surface area contributed by atoms with Gasteiger partial charge in [0.15, 0.2) is 0 Å². The van der Waals surface area contributed by atoms with Gasteiger partial charge in [-0.3, -0.25) is 9.69 Å².